The summed E-state index contributed by atoms with van der Waals surface area (Å²) in [6.07, 6.45) is 3.31. The van der Waals surface area contributed by atoms with Gasteiger partial charge in [0.1, 0.15) is 11.1 Å². The minimum atomic E-state index is -0.00128. The van der Waals surface area contributed by atoms with Crippen LogP contribution in [0.1, 0.15) is 62.4 Å². The first kappa shape index (κ1) is 20.5. The van der Waals surface area contributed by atoms with E-state index in [9.17, 15) is 10.1 Å². The quantitative estimate of drug-likeness (QED) is 0.712. The Morgan fingerprint density at radius 3 is 2.46 bits per heavy atom. The lowest BCUT2D eigenvalue weighted by Gasteiger charge is -2.15. The zero-order valence-corrected chi connectivity index (χ0v) is 16.5. The topological polar surface area (TPSA) is 65.8 Å². The molecule has 5 heteroatoms. The molecular weight excluding hydrogens is 318 g/mol. The average molecular weight is 348 g/mol. The molecule has 24 heavy (non-hydrogen) atoms. The van der Waals surface area contributed by atoms with Crippen molar-refractivity contribution in [2.24, 2.45) is 5.92 Å². The third-order valence-corrected chi connectivity index (χ3v) is 5.22. The molecule has 0 saturated carbocycles. The van der Waals surface area contributed by atoms with Gasteiger partial charge in [0.15, 0.2) is 0 Å². The van der Waals surface area contributed by atoms with Crippen LogP contribution < -0.4 is 5.32 Å². The molecule has 1 heterocycles. The molecule has 1 N–H and O–H groups in total. The molecular formula is C19H29N3OS. The average Bonchev–Trinajstić information content (AvgIpc) is 2.50. The molecule has 1 rings (SSSR count). The van der Waals surface area contributed by atoms with E-state index in [4.69, 9.17) is 0 Å². The van der Waals surface area contributed by atoms with E-state index >= 15 is 0 Å². The van der Waals surface area contributed by atoms with E-state index in [1.54, 1.807) is 0 Å². The largest absolute Gasteiger partial charge is 0.353 e. The minimum Gasteiger partial charge on any atom is -0.353 e. The first-order valence-corrected chi connectivity index (χ1v) is 9.54. The van der Waals surface area contributed by atoms with Crippen molar-refractivity contribution in [3.63, 3.8) is 0 Å². The van der Waals surface area contributed by atoms with Gasteiger partial charge in [0, 0.05) is 11.7 Å². The maximum atomic E-state index is 12.1. The number of aromatic nitrogens is 1. The van der Waals surface area contributed by atoms with Gasteiger partial charge in [-0.25, -0.2) is 4.98 Å². The maximum absolute atomic E-state index is 12.1. The molecule has 1 atom stereocenters. The van der Waals surface area contributed by atoms with E-state index in [0.717, 1.165) is 29.7 Å². The van der Waals surface area contributed by atoms with Crippen molar-refractivity contribution < 1.29 is 4.79 Å². The van der Waals surface area contributed by atoms with Gasteiger partial charge in [-0.05, 0) is 51.2 Å². The van der Waals surface area contributed by atoms with Crippen LogP contribution in [0.2, 0.25) is 0 Å². The number of hydrogen-bond donors (Lipinski definition) is 1. The zero-order chi connectivity index (χ0) is 18.3. The molecule has 4 nitrogen and oxygen atoms in total. The summed E-state index contributed by atoms with van der Waals surface area (Å²) in [4.78, 5) is 16.6. The van der Waals surface area contributed by atoms with Gasteiger partial charge in [-0.3, -0.25) is 4.79 Å². The Balaban J connectivity index is 2.58. The lowest BCUT2D eigenvalue weighted by Crippen LogP contribution is -2.33. The van der Waals surface area contributed by atoms with Crippen LogP contribution in [-0.4, -0.2) is 22.7 Å². The second-order valence-corrected chi connectivity index (χ2v) is 7.79. The van der Waals surface area contributed by atoms with Gasteiger partial charge in [-0.15, -0.1) is 0 Å². The number of carbonyl (C=O) groups excluding carboxylic acids is 1. The van der Waals surface area contributed by atoms with Crippen molar-refractivity contribution in [3.8, 4) is 6.07 Å². The summed E-state index contributed by atoms with van der Waals surface area (Å²) in [6.45, 7) is 12.3. The summed E-state index contributed by atoms with van der Waals surface area (Å²) < 4.78 is 0. The molecule has 1 aromatic rings. The summed E-state index contributed by atoms with van der Waals surface area (Å²) in [5, 5.41) is 13.0. The number of hydrogen-bond acceptors (Lipinski definition) is 4. The molecule has 0 aliphatic carbocycles. The molecule has 1 aromatic heterocycles. The fraction of sp³-hybridized carbons (Fsp3) is 0.632. The van der Waals surface area contributed by atoms with Gasteiger partial charge >= 0.3 is 0 Å². The molecule has 0 bridgehead atoms. The number of pyridine rings is 1. The van der Waals surface area contributed by atoms with Crippen molar-refractivity contribution >= 4 is 17.7 Å². The molecule has 0 saturated heterocycles. The number of nitrogens with zero attached hydrogens (tertiary/aromatic N) is 2. The molecule has 0 fully saturated rings. The third-order valence-electron chi connectivity index (χ3n) is 4.24. The van der Waals surface area contributed by atoms with Crippen LogP contribution in [-0.2, 0) is 4.79 Å². The highest BCUT2D eigenvalue weighted by atomic mass is 32.2. The Labute approximate surface area is 150 Å². The Kier molecular flexibility index (Phi) is 8.27. The van der Waals surface area contributed by atoms with Crippen LogP contribution in [0.4, 0.5) is 0 Å². The predicted molar refractivity (Wildman–Crippen MR) is 100 cm³/mol. The molecule has 0 aliphatic heterocycles. The van der Waals surface area contributed by atoms with Crippen molar-refractivity contribution in [3.05, 3.63) is 22.4 Å². The molecule has 0 radical (unpaired) electrons. The molecule has 1 amide bonds. The minimum absolute atomic E-state index is 0.00128. The van der Waals surface area contributed by atoms with Crippen LogP contribution in [0.25, 0.3) is 0 Å². The second-order valence-electron chi connectivity index (χ2n) is 6.82. The number of nitrogens with one attached hydrogen (secondary N) is 1. The number of amides is 1. The van der Waals surface area contributed by atoms with Crippen molar-refractivity contribution in [2.45, 2.75) is 71.9 Å². The van der Waals surface area contributed by atoms with Gasteiger partial charge in [0.2, 0.25) is 5.91 Å². The fourth-order valence-electron chi connectivity index (χ4n) is 2.50. The first-order valence-electron chi connectivity index (χ1n) is 8.56. The maximum Gasteiger partial charge on any atom is 0.230 e. The highest BCUT2D eigenvalue weighted by Crippen LogP contribution is 2.26. The van der Waals surface area contributed by atoms with E-state index in [1.807, 2.05) is 27.7 Å². The van der Waals surface area contributed by atoms with E-state index in [0.29, 0.717) is 16.5 Å². The van der Waals surface area contributed by atoms with E-state index in [2.05, 4.69) is 30.2 Å². The normalized spacial score (nSPS) is 12.1. The highest BCUT2D eigenvalue weighted by Gasteiger charge is 2.15. The summed E-state index contributed by atoms with van der Waals surface area (Å²) in [5.74, 6) is 0.989. The number of carbonyl (C=O) groups is 1. The van der Waals surface area contributed by atoms with Gasteiger partial charge in [-0.2, -0.15) is 5.26 Å². The summed E-state index contributed by atoms with van der Waals surface area (Å²) in [7, 11) is 0. The van der Waals surface area contributed by atoms with E-state index in [1.165, 1.54) is 18.2 Å². The van der Waals surface area contributed by atoms with Gasteiger partial charge in [0.25, 0.3) is 0 Å². The lowest BCUT2D eigenvalue weighted by molar-refractivity contribution is -0.119. The van der Waals surface area contributed by atoms with E-state index in [-0.39, 0.29) is 17.7 Å². The van der Waals surface area contributed by atoms with Crippen LogP contribution in [0.15, 0.2) is 5.03 Å². The van der Waals surface area contributed by atoms with Gasteiger partial charge in [-0.1, -0.05) is 38.5 Å². The smallest absolute Gasteiger partial charge is 0.230 e. The number of nitriles is 1. The van der Waals surface area contributed by atoms with Gasteiger partial charge in [0.05, 0.1) is 11.3 Å². The van der Waals surface area contributed by atoms with E-state index < -0.39 is 0 Å². The number of aryl methyl sites for hydroxylation is 1. The second kappa shape index (κ2) is 9.68. The van der Waals surface area contributed by atoms with Crippen molar-refractivity contribution in [2.75, 3.05) is 5.75 Å². The standard InChI is InChI=1S/C19H29N3OS/c1-12(2)8-7-9-13(3)21-18(23)11-24-19-17(10-20)15(5)14(4)16(6)22-19/h12-13H,7-9,11H2,1-6H3,(H,21,23). The Morgan fingerprint density at radius 2 is 1.88 bits per heavy atom. The Hall–Kier alpha value is -1.54. The highest BCUT2D eigenvalue weighted by molar-refractivity contribution is 8.00. The van der Waals surface area contributed by atoms with Crippen molar-refractivity contribution in [1.29, 1.82) is 5.26 Å². The predicted octanol–water partition coefficient (Wildman–Crippen LogP) is 4.30. The van der Waals surface area contributed by atoms with Gasteiger partial charge < -0.3 is 5.32 Å². The summed E-state index contributed by atoms with van der Waals surface area (Å²) in [6, 6.07) is 2.40. The molecule has 132 valence electrons. The monoisotopic (exact) mass is 347 g/mol. The Morgan fingerprint density at radius 1 is 1.21 bits per heavy atom. The zero-order valence-electron chi connectivity index (χ0n) is 15.7. The molecule has 0 aromatic carbocycles. The Bertz CT molecular complexity index is 620. The van der Waals surface area contributed by atoms with Crippen molar-refractivity contribution in [1.82, 2.24) is 10.3 Å². The van der Waals surface area contributed by atoms with Crippen LogP contribution in [0, 0.1) is 38.0 Å². The SMILES string of the molecule is Cc1nc(SCC(=O)NC(C)CCCC(C)C)c(C#N)c(C)c1C. The molecule has 0 spiro atoms. The lowest BCUT2D eigenvalue weighted by atomic mass is 10.0. The summed E-state index contributed by atoms with van der Waals surface area (Å²) in [5.41, 5.74) is 3.49. The summed E-state index contributed by atoms with van der Waals surface area (Å²) >= 11 is 1.34. The van der Waals surface area contributed by atoms with Crippen LogP contribution in [0.5, 0.6) is 0 Å². The number of rotatable bonds is 8. The van der Waals surface area contributed by atoms with Crippen LogP contribution in [0.3, 0.4) is 0 Å². The fourth-order valence-corrected chi connectivity index (χ4v) is 3.40. The third kappa shape index (κ3) is 6.16. The van der Waals surface area contributed by atoms with Crippen LogP contribution >= 0.6 is 11.8 Å². The molecule has 1 unspecified atom stereocenters. The molecule has 0 aliphatic rings. The number of thioether (sulfide) groups is 1. The first-order chi connectivity index (χ1) is 11.3.